The summed E-state index contributed by atoms with van der Waals surface area (Å²) in [5.41, 5.74) is 0.533. The Balaban J connectivity index is 1.75. The standard InChI is InChI=1S/C22H16F3N3O2S/c1-30-17-6-4-7-18-19(17)27-21(31-18)28(13-16-5-2-3-12-26-16)20(29)14-8-10-15(11-9-14)22(23,24)25/h2-12H,13H2,1H3. The lowest BCUT2D eigenvalue weighted by atomic mass is 10.1. The largest absolute Gasteiger partial charge is 0.494 e. The van der Waals surface area contributed by atoms with Crippen molar-refractivity contribution in [3.05, 3.63) is 83.7 Å². The monoisotopic (exact) mass is 443 g/mol. The number of amides is 1. The zero-order chi connectivity index (χ0) is 22.0. The van der Waals surface area contributed by atoms with Gasteiger partial charge in [-0.15, -0.1) is 0 Å². The Hall–Kier alpha value is -3.46. The van der Waals surface area contributed by atoms with Gasteiger partial charge in [-0.05, 0) is 48.5 Å². The van der Waals surface area contributed by atoms with Crippen LogP contribution in [0, 0.1) is 0 Å². The molecule has 0 aliphatic heterocycles. The van der Waals surface area contributed by atoms with Gasteiger partial charge in [-0.2, -0.15) is 13.2 Å². The molecule has 2 heterocycles. The van der Waals surface area contributed by atoms with Gasteiger partial charge >= 0.3 is 6.18 Å². The van der Waals surface area contributed by atoms with Gasteiger partial charge in [-0.1, -0.05) is 23.5 Å². The van der Waals surface area contributed by atoms with Crippen LogP contribution in [-0.2, 0) is 12.7 Å². The smallest absolute Gasteiger partial charge is 0.416 e. The van der Waals surface area contributed by atoms with Crippen LogP contribution < -0.4 is 9.64 Å². The number of carbonyl (C=O) groups is 1. The quantitative estimate of drug-likeness (QED) is 0.405. The number of benzene rings is 2. The Morgan fingerprint density at radius 1 is 1.06 bits per heavy atom. The van der Waals surface area contributed by atoms with Crippen molar-refractivity contribution in [1.82, 2.24) is 9.97 Å². The number of fused-ring (bicyclic) bond motifs is 1. The molecule has 1 amide bonds. The summed E-state index contributed by atoms with van der Waals surface area (Å²) in [6.45, 7) is 0.114. The summed E-state index contributed by atoms with van der Waals surface area (Å²) >= 11 is 1.29. The fourth-order valence-corrected chi connectivity index (χ4v) is 4.01. The molecule has 0 N–H and O–H groups in total. The topological polar surface area (TPSA) is 55.3 Å². The van der Waals surface area contributed by atoms with E-state index >= 15 is 0 Å². The highest BCUT2D eigenvalue weighted by Crippen LogP contribution is 2.35. The number of alkyl halides is 3. The number of anilines is 1. The zero-order valence-corrected chi connectivity index (χ0v) is 17.1. The lowest BCUT2D eigenvalue weighted by Gasteiger charge is -2.20. The van der Waals surface area contributed by atoms with E-state index in [1.165, 1.54) is 35.5 Å². The van der Waals surface area contributed by atoms with Crippen molar-refractivity contribution < 1.29 is 22.7 Å². The van der Waals surface area contributed by atoms with Crippen LogP contribution in [0.3, 0.4) is 0 Å². The van der Waals surface area contributed by atoms with E-state index in [1.807, 2.05) is 12.1 Å². The Kier molecular flexibility index (Phi) is 5.60. The summed E-state index contributed by atoms with van der Waals surface area (Å²) in [6, 6.07) is 14.9. The van der Waals surface area contributed by atoms with Crippen LogP contribution in [0.25, 0.3) is 10.2 Å². The van der Waals surface area contributed by atoms with Gasteiger partial charge in [0.15, 0.2) is 5.13 Å². The minimum Gasteiger partial charge on any atom is -0.494 e. The number of nitrogens with zero attached hydrogens (tertiary/aromatic N) is 3. The fraction of sp³-hybridized carbons (Fsp3) is 0.136. The molecule has 2 aromatic carbocycles. The van der Waals surface area contributed by atoms with Crippen molar-refractivity contribution in [2.75, 3.05) is 12.0 Å². The SMILES string of the molecule is COc1cccc2sc(N(Cc3ccccn3)C(=O)c3ccc(C(F)(F)F)cc3)nc12. The number of ether oxygens (including phenoxy) is 1. The lowest BCUT2D eigenvalue weighted by molar-refractivity contribution is -0.137. The number of hydrogen-bond acceptors (Lipinski definition) is 5. The second-order valence-corrected chi connectivity index (χ2v) is 7.60. The Bertz CT molecular complexity index is 1210. The minimum absolute atomic E-state index is 0.114. The van der Waals surface area contributed by atoms with Crippen molar-refractivity contribution >= 4 is 32.6 Å². The molecule has 0 bridgehead atoms. The third-order valence-electron chi connectivity index (χ3n) is 4.57. The van der Waals surface area contributed by atoms with Crippen molar-refractivity contribution in [2.45, 2.75) is 12.7 Å². The molecule has 5 nitrogen and oxygen atoms in total. The number of pyridine rings is 1. The Morgan fingerprint density at radius 3 is 2.48 bits per heavy atom. The molecule has 0 aliphatic carbocycles. The van der Waals surface area contributed by atoms with Crippen LogP contribution in [0.1, 0.15) is 21.6 Å². The fourth-order valence-electron chi connectivity index (χ4n) is 3.03. The predicted octanol–water partition coefficient (Wildman–Crippen LogP) is 5.57. The maximum absolute atomic E-state index is 13.3. The maximum Gasteiger partial charge on any atom is 0.416 e. The lowest BCUT2D eigenvalue weighted by Crippen LogP contribution is -2.30. The van der Waals surface area contributed by atoms with E-state index in [0.717, 1.165) is 16.8 Å². The summed E-state index contributed by atoms with van der Waals surface area (Å²) in [5, 5.41) is 0.398. The zero-order valence-electron chi connectivity index (χ0n) is 16.3. The number of rotatable bonds is 5. The molecule has 4 rings (SSSR count). The number of aromatic nitrogens is 2. The average Bonchev–Trinajstić information content (AvgIpc) is 3.21. The van der Waals surface area contributed by atoms with Gasteiger partial charge in [-0.25, -0.2) is 4.98 Å². The van der Waals surface area contributed by atoms with E-state index in [2.05, 4.69) is 9.97 Å². The molecular formula is C22H16F3N3O2S. The van der Waals surface area contributed by atoms with Gasteiger partial charge in [0, 0.05) is 11.8 Å². The maximum atomic E-state index is 13.3. The highest BCUT2D eigenvalue weighted by Gasteiger charge is 2.31. The normalized spacial score (nSPS) is 11.5. The van der Waals surface area contributed by atoms with Crippen molar-refractivity contribution in [2.24, 2.45) is 0 Å². The molecule has 0 atom stereocenters. The molecule has 4 aromatic rings. The first-order valence-corrected chi connectivity index (χ1v) is 10.0. The first-order valence-electron chi connectivity index (χ1n) is 9.19. The third kappa shape index (κ3) is 4.36. The molecule has 9 heteroatoms. The molecule has 0 spiro atoms. The van der Waals surface area contributed by atoms with Gasteiger partial charge < -0.3 is 4.74 Å². The van der Waals surface area contributed by atoms with Gasteiger partial charge in [0.1, 0.15) is 11.3 Å². The molecule has 158 valence electrons. The molecule has 2 aromatic heterocycles. The predicted molar refractivity (Wildman–Crippen MR) is 112 cm³/mol. The second-order valence-electron chi connectivity index (χ2n) is 6.59. The number of halogens is 3. The summed E-state index contributed by atoms with van der Waals surface area (Å²) in [5.74, 6) is 0.0946. The van der Waals surface area contributed by atoms with E-state index in [9.17, 15) is 18.0 Å². The van der Waals surface area contributed by atoms with Crippen molar-refractivity contribution in [3.8, 4) is 5.75 Å². The van der Waals surface area contributed by atoms with E-state index in [0.29, 0.717) is 22.1 Å². The number of para-hydroxylation sites is 1. The van der Waals surface area contributed by atoms with E-state index < -0.39 is 17.6 Å². The molecule has 0 radical (unpaired) electrons. The van der Waals surface area contributed by atoms with Crippen LogP contribution >= 0.6 is 11.3 Å². The second kappa shape index (κ2) is 8.35. The summed E-state index contributed by atoms with van der Waals surface area (Å²) in [7, 11) is 1.53. The first-order chi connectivity index (χ1) is 14.9. The molecule has 31 heavy (non-hydrogen) atoms. The van der Waals surface area contributed by atoms with Crippen LogP contribution in [0.15, 0.2) is 66.9 Å². The van der Waals surface area contributed by atoms with Gasteiger partial charge in [0.05, 0.1) is 29.6 Å². The van der Waals surface area contributed by atoms with Crippen LogP contribution in [0.5, 0.6) is 5.75 Å². The number of carbonyl (C=O) groups excluding carboxylic acids is 1. The molecule has 0 saturated carbocycles. The van der Waals surface area contributed by atoms with Gasteiger partial charge in [0.2, 0.25) is 0 Å². The minimum atomic E-state index is -4.47. The third-order valence-corrected chi connectivity index (χ3v) is 5.62. The Labute approximate surface area is 179 Å². The van der Waals surface area contributed by atoms with Gasteiger partial charge in [0.25, 0.3) is 5.91 Å². The molecular weight excluding hydrogens is 427 g/mol. The van der Waals surface area contributed by atoms with Crippen LogP contribution in [0.2, 0.25) is 0 Å². The molecule has 0 unspecified atom stereocenters. The van der Waals surface area contributed by atoms with Crippen molar-refractivity contribution in [3.63, 3.8) is 0 Å². The van der Waals surface area contributed by atoms with Crippen LogP contribution in [0.4, 0.5) is 18.3 Å². The van der Waals surface area contributed by atoms with E-state index in [-0.39, 0.29) is 12.1 Å². The summed E-state index contributed by atoms with van der Waals surface area (Å²) in [4.78, 5) is 23.5. The Morgan fingerprint density at radius 2 is 1.84 bits per heavy atom. The highest BCUT2D eigenvalue weighted by atomic mass is 32.1. The number of thiazole rings is 1. The van der Waals surface area contributed by atoms with E-state index in [4.69, 9.17) is 4.74 Å². The highest BCUT2D eigenvalue weighted by molar-refractivity contribution is 7.22. The van der Waals surface area contributed by atoms with Crippen LogP contribution in [-0.4, -0.2) is 23.0 Å². The molecule has 0 aliphatic rings. The summed E-state index contributed by atoms with van der Waals surface area (Å²) < 4.78 is 44.9. The number of hydrogen-bond donors (Lipinski definition) is 0. The average molecular weight is 443 g/mol. The van der Waals surface area contributed by atoms with E-state index in [1.54, 1.807) is 30.5 Å². The van der Waals surface area contributed by atoms with Crippen molar-refractivity contribution in [1.29, 1.82) is 0 Å². The first kappa shape index (κ1) is 20.8. The summed E-state index contributed by atoms with van der Waals surface area (Å²) in [6.07, 6.45) is -2.86. The van der Waals surface area contributed by atoms with Gasteiger partial charge in [-0.3, -0.25) is 14.7 Å². The molecule has 0 fully saturated rings. The number of methoxy groups -OCH3 is 1. The molecule has 0 saturated heterocycles.